The molecule has 1 heterocycles. The van der Waals surface area contributed by atoms with E-state index in [9.17, 15) is 13.2 Å². The van der Waals surface area contributed by atoms with Gasteiger partial charge in [0, 0.05) is 17.1 Å². The fourth-order valence-corrected chi connectivity index (χ4v) is 3.57. The number of nitrogens with one attached hydrogen (secondary N) is 1. The molecule has 20 heavy (non-hydrogen) atoms. The third-order valence-corrected chi connectivity index (χ3v) is 4.86. The van der Waals surface area contributed by atoms with Crippen molar-refractivity contribution in [3.63, 3.8) is 0 Å². The second-order valence-corrected chi connectivity index (χ2v) is 6.73. The normalized spacial score (nSPS) is 11.4. The Bertz CT molecular complexity index is 724. The number of aromatic carboxylic acids is 1. The number of hydrogen-bond donors (Lipinski definition) is 3. The highest BCUT2D eigenvalue weighted by atomic mass is 32.2. The van der Waals surface area contributed by atoms with Crippen molar-refractivity contribution in [1.29, 1.82) is 0 Å². The van der Waals surface area contributed by atoms with E-state index < -0.39 is 16.0 Å². The van der Waals surface area contributed by atoms with Gasteiger partial charge in [0.1, 0.15) is 0 Å². The number of anilines is 1. The van der Waals surface area contributed by atoms with E-state index in [1.165, 1.54) is 23.5 Å². The Balaban J connectivity index is 2.33. The van der Waals surface area contributed by atoms with E-state index in [1.54, 1.807) is 12.1 Å². The lowest BCUT2D eigenvalue weighted by molar-refractivity contribution is 0.0692. The number of thiophene rings is 1. The SMILES string of the molecule is Nc1ccc(C(=O)O)c(S(=O)(=O)NCc2cccs2)c1. The lowest BCUT2D eigenvalue weighted by Crippen LogP contribution is -2.25. The largest absolute Gasteiger partial charge is 0.478 e. The van der Waals surface area contributed by atoms with Gasteiger partial charge >= 0.3 is 5.97 Å². The Morgan fingerprint density at radius 2 is 2.10 bits per heavy atom. The van der Waals surface area contributed by atoms with E-state index in [-0.39, 0.29) is 22.7 Å². The topological polar surface area (TPSA) is 109 Å². The molecular formula is C12H12N2O4S2. The van der Waals surface area contributed by atoms with Crippen LogP contribution in [0.4, 0.5) is 5.69 Å². The highest BCUT2D eigenvalue weighted by Crippen LogP contribution is 2.20. The van der Waals surface area contributed by atoms with Gasteiger partial charge in [0.2, 0.25) is 10.0 Å². The molecule has 2 aromatic rings. The van der Waals surface area contributed by atoms with Crippen LogP contribution in [0.15, 0.2) is 40.6 Å². The number of carboxylic acid groups (broad SMARTS) is 1. The Morgan fingerprint density at radius 1 is 1.35 bits per heavy atom. The summed E-state index contributed by atoms with van der Waals surface area (Å²) in [5, 5.41) is 10.9. The molecule has 0 aliphatic rings. The standard InChI is InChI=1S/C12H12N2O4S2/c13-8-3-4-10(12(15)16)11(6-8)20(17,18)14-7-9-2-1-5-19-9/h1-6,14H,7,13H2,(H,15,16). The highest BCUT2D eigenvalue weighted by Gasteiger charge is 2.22. The van der Waals surface area contributed by atoms with Gasteiger partial charge in [-0.2, -0.15) is 0 Å². The molecule has 8 heteroatoms. The number of nitrogens with two attached hydrogens (primary N) is 1. The second-order valence-electron chi connectivity index (χ2n) is 3.96. The number of carboxylic acids is 1. The van der Waals surface area contributed by atoms with E-state index in [4.69, 9.17) is 10.8 Å². The molecule has 6 nitrogen and oxygen atoms in total. The van der Waals surface area contributed by atoms with Gasteiger partial charge in [-0.3, -0.25) is 0 Å². The zero-order chi connectivity index (χ0) is 14.8. The number of hydrogen-bond acceptors (Lipinski definition) is 5. The molecule has 1 aromatic heterocycles. The van der Waals surface area contributed by atoms with Crippen molar-refractivity contribution in [2.24, 2.45) is 0 Å². The minimum atomic E-state index is -3.94. The molecule has 0 aliphatic carbocycles. The summed E-state index contributed by atoms with van der Waals surface area (Å²) in [6, 6.07) is 7.25. The number of nitrogen functional groups attached to an aromatic ring is 1. The summed E-state index contributed by atoms with van der Waals surface area (Å²) in [4.78, 5) is 11.6. The second kappa shape index (κ2) is 5.61. The van der Waals surface area contributed by atoms with Crippen LogP contribution in [0.1, 0.15) is 15.2 Å². The number of benzene rings is 1. The van der Waals surface area contributed by atoms with Crippen molar-refractivity contribution in [1.82, 2.24) is 4.72 Å². The van der Waals surface area contributed by atoms with Crippen LogP contribution < -0.4 is 10.5 Å². The van der Waals surface area contributed by atoms with Crippen LogP contribution in [-0.2, 0) is 16.6 Å². The fraction of sp³-hybridized carbons (Fsp3) is 0.0833. The molecule has 0 saturated heterocycles. The van der Waals surface area contributed by atoms with E-state index in [1.807, 2.05) is 5.38 Å². The Morgan fingerprint density at radius 3 is 2.70 bits per heavy atom. The summed E-state index contributed by atoms with van der Waals surface area (Å²) in [6.45, 7) is 0.105. The van der Waals surface area contributed by atoms with Gasteiger partial charge in [0.15, 0.2) is 0 Å². The maximum Gasteiger partial charge on any atom is 0.337 e. The quantitative estimate of drug-likeness (QED) is 0.725. The molecule has 0 bridgehead atoms. The maximum absolute atomic E-state index is 12.2. The third-order valence-electron chi connectivity index (χ3n) is 2.54. The fourth-order valence-electron chi connectivity index (χ4n) is 1.59. The summed E-state index contributed by atoms with van der Waals surface area (Å²) < 4.78 is 26.7. The lowest BCUT2D eigenvalue weighted by Gasteiger charge is -2.09. The average molecular weight is 312 g/mol. The van der Waals surface area contributed by atoms with Crippen molar-refractivity contribution in [3.8, 4) is 0 Å². The molecule has 4 N–H and O–H groups in total. The molecule has 0 unspecified atom stereocenters. The Labute approximate surface area is 119 Å². The van der Waals surface area contributed by atoms with Crippen molar-refractivity contribution in [3.05, 3.63) is 46.2 Å². The third kappa shape index (κ3) is 3.16. The summed E-state index contributed by atoms with van der Waals surface area (Å²) in [5.41, 5.74) is 5.41. The molecule has 0 fully saturated rings. The zero-order valence-electron chi connectivity index (χ0n) is 10.2. The molecule has 0 saturated carbocycles. The Hall–Kier alpha value is -1.90. The molecule has 0 atom stereocenters. The van der Waals surface area contributed by atoms with E-state index >= 15 is 0 Å². The van der Waals surface area contributed by atoms with E-state index in [0.717, 1.165) is 10.9 Å². The predicted molar refractivity (Wildman–Crippen MR) is 76.2 cm³/mol. The summed E-state index contributed by atoms with van der Waals surface area (Å²) >= 11 is 1.40. The average Bonchev–Trinajstić information content (AvgIpc) is 2.89. The van der Waals surface area contributed by atoms with Gasteiger partial charge in [-0.05, 0) is 29.6 Å². The van der Waals surface area contributed by atoms with Crippen molar-refractivity contribution < 1.29 is 18.3 Å². The van der Waals surface area contributed by atoms with Gasteiger partial charge in [0.25, 0.3) is 0 Å². The molecule has 0 amide bonds. The first-order valence-corrected chi connectivity index (χ1v) is 7.91. The Kier molecular flexibility index (Phi) is 4.07. The lowest BCUT2D eigenvalue weighted by atomic mass is 10.2. The molecule has 0 aliphatic heterocycles. The van der Waals surface area contributed by atoms with Gasteiger partial charge in [-0.1, -0.05) is 6.07 Å². The first-order chi connectivity index (χ1) is 9.40. The molecular weight excluding hydrogens is 300 g/mol. The van der Waals surface area contributed by atoms with Crippen LogP contribution in [0.2, 0.25) is 0 Å². The molecule has 106 valence electrons. The van der Waals surface area contributed by atoms with Crippen molar-refractivity contribution in [2.75, 3.05) is 5.73 Å². The summed E-state index contributed by atoms with van der Waals surface area (Å²) in [7, 11) is -3.94. The van der Waals surface area contributed by atoms with Crippen LogP contribution >= 0.6 is 11.3 Å². The van der Waals surface area contributed by atoms with Crippen molar-refractivity contribution in [2.45, 2.75) is 11.4 Å². The smallest absolute Gasteiger partial charge is 0.337 e. The van der Waals surface area contributed by atoms with Crippen LogP contribution in [0.25, 0.3) is 0 Å². The van der Waals surface area contributed by atoms with Gasteiger partial charge in [0.05, 0.1) is 10.5 Å². The van der Waals surface area contributed by atoms with Gasteiger partial charge < -0.3 is 10.8 Å². The van der Waals surface area contributed by atoms with Crippen LogP contribution in [0, 0.1) is 0 Å². The highest BCUT2D eigenvalue weighted by molar-refractivity contribution is 7.89. The molecule has 2 rings (SSSR count). The predicted octanol–water partition coefficient (Wildman–Crippen LogP) is 1.51. The van der Waals surface area contributed by atoms with Crippen molar-refractivity contribution >= 4 is 33.0 Å². The minimum Gasteiger partial charge on any atom is -0.478 e. The monoisotopic (exact) mass is 312 g/mol. The first-order valence-electron chi connectivity index (χ1n) is 5.55. The summed E-state index contributed by atoms with van der Waals surface area (Å²) in [6.07, 6.45) is 0. The maximum atomic E-state index is 12.2. The molecule has 0 radical (unpaired) electrons. The molecule has 1 aromatic carbocycles. The number of sulfonamides is 1. The van der Waals surface area contributed by atoms with E-state index in [0.29, 0.717) is 0 Å². The first kappa shape index (κ1) is 14.5. The minimum absolute atomic E-state index is 0.105. The van der Waals surface area contributed by atoms with Crippen LogP contribution in [0.3, 0.4) is 0 Å². The summed E-state index contributed by atoms with van der Waals surface area (Å²) in [5.74, 6) is -1.32. The van der Waals surface area contributed by atoms with Crippen LogP contribution in [0.5, 0.6) is 0 Å². The van der Waals surface area contributed by atoms with Gasteiger partial charge in [-0.25, -0.2) is 17.9 Å². The van der Waals surface area contributed by atoms with Gasteiger partial charge in [-0.15, -0.1) is 11.3 Å². The number of rotatable bonds is 5. The van der Waals surface area contributed by atoms with E-state index in [2.05, 4.69) is 4.72 Å². The molecule has 0 spiro atoms. The zero-order valence-corrected chi connectivity index (χ0v) is 11.9. The number of carbonyl (C=O) groups is 1. The van der Waals surface area contributed by atoms with Crippen LogP contribution in [-0.4, -0.2) is 19.5 Å².